The summed E-state index contributed by atoms with van der Waals surface area (Å²) in [4.78, 5) is 0. The molecule has 0 aliphatic carbocycles. The van der Waals surface area contributed by atoms with Gasteiger partial charge in [-0.1, -0.05) is 37.0 Å². The van der Waals surface area contributed by atoms with Gasteiger partial charge in [0.2, 0.25) is 0 Å². The molecule has 0 radical (unpaired) electrons. The van der Waals surface area contributed by atoms with Crippen molar-refractivity contribution < 1.29 is 69.1 Å². The Labute approximate surface area is 143 Å². The summed E-state index contributed by atoms with van der Waals surface area (Å²) in [6, 6.07) is 5.37. The van der Waals surface area contributed by atoms with E-state index in [1.807, 2.05) is 6.92 Å². The molecule has 0 fully saturated rings. The Kier molecular flexibility index (Phi) is 8.08. The third-order valence-corrected chi connectivity index (χ3v) is 2.30. The van der Waals surface area contributed by atoms with Gasteiger partial charge in [0.05, 0.1) is 11.9 Å². The second-order valence-electron chi connectivity index (χ2n) is 3.83. The van der Waals surface area contributed by atoms with Gasteiger partial charge in [-0.3, -0.25) is 0 Å². The Bertz CT molecular complexity index is 344. The molecule has 6 heteroatoms. The third-order valence-electron chi connectivity index (χ3n) is 2.30. The van der Waals surface area contributed by atoms with Crippen LogP contribution in [-0.4, -0.2) is 13.1 Å². The van der Waals surface area contributed by atoms with Crippen LogP contribution in [0, 0.1) is 0 Å². The second kappa shape index (κ2) is 7.84. The molecule has 17 heavy (non-hydrogen) atoms. The zero-order valence-corrected chi connectivity index (χ0v) is 13.5. The van der Waals surface area contributed by atoms with Crippen LogP contribution in [0.4, 0.5) is 12.9 Å². The largest absolute Gasteiger partial charge is 1.00 e. The van der Waals surface area contributed by atoms with Crippen LogP contribution in [-0.2, 0) is 0 Å². The van der Waals surface area contributed by atoms with Crippen molar-refractivity contribution in [3.05, 3.63) is 24.3 Å². The Morgan fingerprint density at radius 3 is 2.35 bits per heavy atom. The van der Waals surface area contributed by atoms with Crippen molar-refractivity contribution in [2.75, 3.05) is 0 Å². The fraction of sp³-hybridized carbons (Fsp3) is 0.455. The van der Waals surface area contributed by atoms with Gasteiger partial charge >= 0.3 is 58.4 Å². The summed E-state index contributed by atoms with van der Waals surface area (Å²) in [5, 5.41) is 0. The van der Waals surface area contributed by atoms with Crippen LogP contribution < -0.4 is 61.6 Å². The van der Waals surface area contributed by atoms with Crippen LogP contribution in [0.1, 0.15) is 26.7 Å². The van der Waals surface area contributed by atoms with E-state index in [2.05, 4.69) is 0 Å². The summed E-state index contributed by atoms with van der Waals surface area (Å²) in [6.07, 6.45) is 1.45. The molecular weight excluding hydrogens is 255 g/mol. The van der Waals surface area contributed by atoms with Crippen molar-refractivity contribution in [1.82, 2.24) is 0 Å². The van der Waals surface area contributed by atoms with Gasteiger partial charge in [0.25, 0.3) is 0 Å². The quantitative estimate of drug-likeness (QED) is 0.700. The minimum absolute atomic E-state index is 0. The molecular formula is C11H15BF3KO. The Morgan fingerprint density at radius 1 is 1.24 bits per heavy atom. The number of rotatable bonds is 5. The summed E-state index contributed by atoms with van der Waals surface area (Å²) in [7, 11) is 0. The first-order chi connectivity index (χ1) is 7.45. The second-order valence-corrected chi connectivity index (χ2v) is 3.83. The molecule has 0 heterocycles. The van der Waals surface area contributed by atoms with Crippen molar-refractivity contribution in [1.29, 1.82) is 0 Å². The van der Waals surface area contributed by atoms with E-state index in [0.29, 0.717) is 0 Å². The number of benzene rings is 1. The van der Waals surface area contributed by atoms with E-state index < -0.39 is 12.4 Å². The molecule has 1 aromatic rings. The molecule has 0 saturated heterocycles. The van der Waals surface area contributed by atoms with E-state index in [4.69, 9.17) is 4.74 Å². The zero-order chi connectivity index (χ0) is 12.2. The van der Waals surface area contributed by atoms with E-state index in [1.165, 1.54) is 12.1 Å². The molecule has 1 unspecified atom stereocenters. The van der Waals surface area contributed by atoms with E-state index in [1.54, 1.807) is 13.0 Å². The number of hydrogen-bond acceptors (Lipinski definition) is 1. The Morgan fingerprint density at radius 2 is 1.82 bits per heavy atom. The normalized spacial score (nSPS) is 12.8. The first kappa shape index (κ1) is 17.5. The van der Waals surface area contributed by atoms with Crippen LogP contribution in [0.3, 0.4) is 0 Å². The smallest absolute Gasteiger partial charge is 0.494 e. The van der Waals surface area contributed by atoms with E-state index in [0.717, 1.165) is 18.9 Å². The van der Waals surface area contributed by atoms with Gasteiger partial charge < -0.3 is 17.7 Å². The Balaban J connectivity index is 0.00000256. The minimum Gasteiger partial charge on any atom is -0.494 e. The maximum absolute atomic E-state index is 12.7. The molecule has 0 aliphatic heterocycles. The van der Waals surface area contributed by atoms with E-state index >= 15 is 0 Å². The van der Waals surface area contributed by atoms with Crippen LogP contribution >= 0.6 is 0 Å². The molecule has 0 amide bonds. The number of halogens is 3. The standard InChI is InChI=1S/C11H15BF3O.K/c1-3-6-9(2)16-11-8-5-4-7-10(11)12(13,14)15;/h4-5,7-9H,3,6H2,1-2H3;/q-1;+1. The average molecular weight is 270 g/mol. The first-order valence-electron chi connectivity index (χ1n) is 5.40. The van der Waals surface area contributed by atoms with E-state index in [-0.39, 0.29) is 63.2 Å². The summed E-state index contributed by atoms with van der Waals surface area (Å²) in [5.74, 6) is -0.0593. The fourth-order valence-electron chi connectivity index (χ4n) is 1.54. The number of ether oxygens (including phenoxy) is 1. The summed E-state index contributed by atoms with van der Waals surface area (Å²) >= 11 is 0. The first-order valence-corrected chi connectivity index (χ1v) is 5.40. The summed E-state index contributed by atoms with van der Waals surface area (Å²) in [5.41, 5.74) is -0.648. The maximum atomic E-state index is 12.7. The van der Waals surface area contributed by atoms with Crippen molar-refractivity contribution in [2.24, 2.45) is 0 Å². The molecule has 0 aromatic heterocycles. The molecule has 1 aromatic carbocycles. The molecule has 1 atom stereocenters. The molecule has 0 N–H and O–H groups in total. The minimum atomic E-state index is -5.00. The van der Waals surface area contributed by atoms with Crippen LogP contribution in [0.15, 0.2) is 24.3 Å². The van der Waals surface area contributed by atoms with Gasteiger partial charge in [0.1, 0.15) is 0 Å². The van der Waals surface area contributed by atoms with Crippen molar-refractivity contribution >= 4 is 12.4 Å². The maximum Gasteiger partial charge on any atom is 1.00 e. The van der Waals surface area contributed by atoms with Crippen LogP contribution in [0.5, 0.6) is 5.75 Å². The van der Waals surface area contributed by atoms with Gasteiger partial charge in [-0.25, -0.2) is 0 Å². The molecule has 0 spiro atoms. The van der Waals surface area contributed by atoms with E-state index in [9.17, 15) is 12.9 Å². The SMILES string of the molecule is CCCC(C)Oc1ccccc1[B-](F)(F)F.[K+]. The predicted octanol–water partition coefficient (Wildman–Crippen LogP) is 0.312. The van der Waals surface area contributed by atoms with Crippen molar-refractivity contribution in [3.8, 4) is 5.75 Å². The molecule has 0 saturated carbocycles. The Hall–Kier alpha value is 0.511. The topological polar surface area (TPSA) is 9.23 Å². The monoisotopic (exact) mass is 270 g/mol. The zero-order valence-electron chi connectivity index (χ0n) is 10.4. The number of hydrogen-bond donors (Lipinski definition) is 0. The summed E-state index contributed by atoms with van der Waals surface area (Å²) < 4.78 is 43.3. The van der Waals surface area contributed by atoms with Gasteiger partial charge in [0, 0.05) is 0 Å². The van der Waals surface area contributed by atoms with Gasteiger partial charge in [0.15, 0.2) is 0 Å². The molecule has 1 nitrogen and oxygen atoms in total. The molecule has 0 aliphatic rings. The molecule has 0 bridgehead atoms. The van der Waals surface area contributed by atoms with Crippen molar-refractivity contribution in [2.45, 2.75) is 32.8 Å². The average Bonchev–Trinajstić information content (AvgIpc) is 2.17. The van der Waals surface area contributed by atoms with Crippen molar-refractivity contribution in [3.63, 3.8) is 0 Å². The molecule has 90 valence electrons. The van der Waals surface area contributed by atoms with Crippen LogP contribution in [0.25, 0.3) is 0 Å². The predicted molar refractivity (Wildman–Crippen MR) is 60.2 cm³/mol. The summed E-state index contributed by atoms with van der Waals surface area (Å²) in [6.45, 7) is -1.25. The third kappa shape index (κ3) is 5.79. The van der Waals surface area contributed by atoms with Gasteiger partial charge in [-0.15, -0.1) is 0 Å². The van der Waals surface area contributed by atoms with Gasteiger partial charge in [-0.2, -0.15) is 0 Å². The van der Waals surface area contributed by atoms with Crippen LogP contribution in [0.2, 0.25) is 0 Å². The fourth-order valence-corrected chi connectivity index (χ4v) is 1.54. The van der Waals surface area contributed by atoms with Gasteiger partial charge in [-0.05, 0) is 19.4 Å². The number of para-hydroxylation sites is 1. The molecule has 1 rings (SSSR count).